The summed E-state index contributed by atoms with van der Waals surface area (Å²) in [6.45, 7) is 12.9. The van der Waals surface area contributed by atoms with Gasteiger partial charge in [0.2, 0.25) is 35.4 Å². The zero-order chi connectivity index (χ0) is 50.7. The molecular weight excluding hydrogens is 885 g/mol. The SMILES string of the molecule is C/C=C1/NC(=O)[C@@H](NC(=O)[C@@H](NC(=O)C2CCCN2C(=O)CCC)[C@H](C)O)[C@@H](C)OC(=O)[C@H](C(C)C)NC(=O)[C@H](Cc2ccc(O)cc2)N(C)C(=O)[C@H](CC(C)C)N2C(=O)[C@H](CC[C@H]2O)NC1=O. The highest BCUT2D eigenvalue weighted by molar-refractivity contribution is 6.03. The second-order valence-electron chi connectivity index (χ2n) is 18.6. The summed E-state index contributed by atoms with van der Waals surface area (Å²) in [5.74, 6) is -8.44. The second kappa shape index (κ2) is 24.3. The number of hydrogen-bond acceptors (Lipinski definition) is 13. The molecular formula is C47H70N8O13. The molecule has 4 rings (SSSR count). The maximum absolute atomic E-state index is 14.7. The number of fused-ring (bicyclic) bond motifs is 2. The maximum Gasteiger partial charge on any atom is 0.329 e. The number of nitrogens with one attached hydrogen (secondary N) is 5. The summed E-state index contributed by atoms with van der Waals surface area (Å²) in [6.07, 6.45) is -1.98. The van der Waals surface area contributed by atoms with Gasteiger partial charge in [-0.15, -0.1) is 0 Å². The molecule has 1 unspecified atom stereocenters. The van der Waals surface area contributed by atoms with E-state index in [1.54, 1.807) is 39.8 Å². The molecule has 3 fully saturated rings. The van der Waals surface area contributed by atoms with E-state index in [0.29, 0.717) is 31.4 Å². The van der Waals surface area contributed by atoms with Crippen LogP contribution in [-0.4, -0.2) is 158 Å². The zero-order valence-corrected chi connectivity index (χ0v) is 40.4. The molecule has 68 heavy (non-hydrogen) atoms. The standard InChI is InChI=1S/C47H70N8O13/c1-10-13-35(58)54-21-12-14-32(54)41(61)51-38(26(7)56)43(63)52-39-27(8)68-47(67)37(25(5)6)50-42(62)33(23-28-15-17-29(57)18-16-28)53(9)46(66)34(22-24(3)4)55-36(59)20-19-31(45(55)65)49-40(60)30(11-2)48-44(39)64/h11,15-18,24-27,31-34,36-39,56-57,59H,10,12-14,19-23H2,1-9H3,(H,48,64)(H,49,60)(H,50,62)(H,51,61)(H,52,63)/b30-11+/t26-,27+,31-,32?,33-,34-,36+,37-,38-,39-/m0/s1. The van der Waals surface area contributed by atoms with E-state index in [4.69, 9.17) is 4.74 Å². The average Bonchev–Trinajstić information content (AvgIpc) is 3.78. The number of ether oxygens (including phenoxy) is 1. The Labute approximate surface area is 397 Å². The molecule has 0 saturated carbocycles. The number of likely N-dealkylation sites (N-methyl/N-ethyl adjacent to an activating group) is 1. The number of carbonyl (C=O) groups is 9. The minimum atomic E-state index is -1.84. The van der Waals surface area contributed by atoms with E-state index in [9.17, 15) is 58.5 Å². The molecule has 0 radical (unpaired) electrons. The van der Waals surface area contributed by atoms with E-state index < -0.39 is 120 Å². The molecule has 3 aliphatic rings. The number of likely N-dealkylation sites (tertiary alicyclic amines) is 1. The number of aliphatic hydroxyl groups excluding tert-OH is 2. The third-order valence-electron chi connectivity index (χ3n) is 12.5. The van der Waals surface area contributed by atoms with Crippen LogP contribution in [0.1, 0.15) is 106 Å². The number of esters is 1. The fraction of sp³-hybridized carbons (Fsp3) is 0.638. The van der Waals surface area contributed by atoms with Crippen LogP contribution in [0.15, 0.2) is 36.0 Å². The number of amides is 8. The smallest absolute Gasteiger partial charge is 0.329 e. The number of phenols is 1. The predicted octanol–water partition coefficient (Wildman–Crippen LogP) is -0.150. The van der Waals surface area contributed by atoms with Gasteiger partial charge in [-0.3, -0.25) is 38.4 Å². The predicted molar refractivity (Wildman–Crippen MR) is 245 cm³/mol. The van der Waals surface area contributed by atoms with Crippen molar-refractivity contribution in [2.45, 2.75) is 167 Å². The molecule has 0 aliphatic carbocycles. The van der Waals surface area contributed by atoms with Crippen LogP contribution >= 0.6 is 0 Å². The Balaban J connectivity index is 1.78. The van der Waals surface area contributed by atoms with Gasteiger partial charge in [0.15, 0.2) is 0 Å². The largest absolute Gasteiger partial charge is 0.508 e. The van der Waals surface area contributed by atoms with Gasteiger partial charge in [-0.1, -0.05) is 52.8 Å². The van der Waals surface area contributed by atoms with Gasteiger partial charge >= 0.3 is 5.97 Å². The Bertz CT molecular complexity index is 2060. The molecule has 376 valence electrons. The molecule has 3 saturated heterocycles. The number of phenolic OH excluding ortho intramolecular Hbond substituents is 1. The number of benzene rings is 1. The summed E-state index contributed by atoms with van der Waals surface area (Å²) in [6, 6.07) is -3.96. The van der Waals surface area contributed by atoms with Crippen molar-refractivity contribution in [3.8, 4) is 5.75 Å². The fourth-order valence-electron chi connectivity index (χ4n) is 8.60. The van der Waals surface area contributed by atoms with E-state index in [2.05, 4.69) is 26.6 Å². The molecule has 8 amide bonds. The van der Waals surface area contributed by atoms with Crippen molar-refractivity contribution in [3.63, 3.8) is 0 Å². The number of aromatic hydroxyl groups is 1. The van der Waals surface area contributed by atoms with E-state index in [0.717, 1.165) is 9.80 Å². The minimum absolute atomic E-state index is 0.0412. The van der Waals surface area contributed by atoms with Gasteiger partial charge in [0, 0.05) is 26.4 Å². The van der Waals surface area contributed by atoms with Crippen molar-refractivity contribution >= 4 is 53.2 Å². The summed E-state index contributed by atoms with van der Waals surface area (Å²) in [7, 11) is 1.36. The highest BCUT2D eigenvalue weighted by Crippen LogP contribution is 2.27. The highest BCUT2D eigenvalue weighted by atomic mass is 16.5. The molecule has 0 spiro atoms. The van der Waals surface area contributed by atoms with Crippen molar-refractivity contribution in [3.05, 3.63) is 41.6 Å². The summed E-state index contributed by atoms with van der Waals surface area (Å²) in [5.41, 5.74) is 0.116. The van der Waals surface area contributed by atoms with Gasteiger partial charge in [-0.05, 0) is 88.8 Å². The summed E-state index contributed by atoms with van der Waals surface area (Å²) < 4.78 is 5.81. The van der Waals surface area contributed by atoms with Crippen LogP contribution in [-0.2, 0) is 54.3 Å². The van der Waals surface area contributed by atoms with Crippen molar-refractivity contribution < 1.29 is 63.2 Å². The van der Waals surface area contributed by atoms with Crippen LogP contribution < -0.4 is 26.6 Å². The Morgan fingerprint density at radius 2 is 1.59 bits per heavy atom. The van der Waals surface area contributed by atoms with Crippen molar-refractivity contribution in [2.75, 3.05) is 13.6 Å². The lowest BCUT2D eigenvalue weighted by Gasteiger charge is -2.43. The number of carbonyl (C=O) groups excluding carboxylic acids is 9. The monoisotopic (exact) mass is 955 g/mol. The Hall–Kier alpha value is -6.09. The number of allylic oxidation sites excluding steroid dienone is 1. The van der Waals surface area contributed by atoms with Crippen molar-refractivity contribution in [2.24, 2.45) is 11.8 Å². The lowest BCUT2D eigenvalue weighted by molar-refractivity contribution is -0.166. The fourth-order valence-corrected chi connectivity index (χ4v) is 8.60. The van der Waals surface area contributed by atoms with Crippen LogP contribution in [0.5, 0.6) is 5.75 Å². The number of rotatable bonds is 12. The normalized spacial score (nSPS) is 27.4. The van der Waals surface area contributed by atoms with Gasteiger partial charge in [0.1, 0.15) is 66.1 Å². The van der Waals surface area contributed by atoms with Gasteiger partial charge in [0.05, 0.1) is 6.10 Å². The molecule has 1 aromatic carbocycles. The molecule has 21 nitrogen and oxygen atoms in total. The first kappa shape index (κ1) is 54.5. The van der Waals surface area contributed by atoms with Gasteiger partial charge in [0.25, 0.3) is 11.8 Å². The number of cyclic esters (lactones) is 1. The van der Waals surface area contributed by atoms with E-state index in [1.807, 2.05) is 6.92 Å². The molecule has 1 aromatic rings. The summed E-state index contributed by atoms with van der Waals surface area (Å²) in [4.78, 5) is 130. The second-order valence-corrected chi connectivity index (χ2v) is 18.6. The van der Waals surface area contributed by atoms with E-state index in [-0.39, 0.29) is 49.7 Å². The maximum atomic E-state index is 14.7. The molecule has 21 heteroatoms. The third kappa shape index (κ3) is 13.5. The minimum Gasteiger partial charge on any atom is -0.508 e. The van der Waals surface area contributed by atoms with Gasteiger partial charge in [-0.25, -0.2) is 4.79 Å². The number of piperidine rings is 1. The average molecular weight is 955 g/mol. The highest BCUT2D eigenvalue weighted by Gasteiger charge is 2.46. The van der Waals surface area contributed by atoms with Crippen LogP contribution in [0.3, 0.4) is 0 Å². The number of nitrogens with zero attached hydrogens (tertiary/aromatic N) is 3. The first-order chi connectivity index (χ1) is 32.0. The number of hydrogen-bond donors (Lipinski definition) is 8. The summed E-state index contributed by atoms with van der Waals surface area (Å²) >= 11 is 0. The zero-order valence-electron chi connectivity index (χ0n) is 40.4. The molecule has 3 aliphatic heterocycles. The van der Waals surface area contributed by atoms with Crippen molar-refractivity contribution in [1.29, 1.82) is 0 Å². The quantitative estimate of drug-likeness (QED) is 0.100. The van der Waals surface area contributed by atoms with E-state index >= 15 is 0 Å². The first-order valence-electron chi connectivity index (χ1n) is 23.4. The lowest BCUT2D eigenvalue weighted by Crippen LogP contribution is -2.64. The van der Waals surface area contributed by atoms with Gasteiger partial charge < -0.3 is 61.3 Å². The van der Waals surface area contributed by atoms with Crippen molar-refractivity contribution in [1.82, 2.24) is 41.3 Å². The third-order valence-corrected chi connectivity index (χ3v) is 12.5. The molecule has 3 heterocycles. The summed E-state index contributed by atoms with van der Waals surface area (Å²) in [5, 5.41) is 44.8. The topological polar surface area (TPSA) is 293 Å². The Morgan fingerprint density at radius 3 is 2.18 bits per heavy atom. The molecule has 2 bridgehead atoms. The lowest BCUT2D eigenvalue weighted by atomic mass is 9.94. The molecule has 8 N–H and O–H groups in total. The Morgan fingerprint density at radius 1 is 0.926 bits per heavy atom. The van der Waals surface area contributed by atoms with Gasteiger partial charge in [-0.2, -0.15) is 0 Å². The van der Waals surface area contributed by atoms with E-state index in [1.165, 1.54) is 50.9 Å². The van der Waals surface area contributed by atoms with Crippen LogP contribution in [0, 0.1) is 11.8 Å². The number of aliphatic hydroxyl groups is 2. The van der Waals surface area contributed by atoms with Crippen LogP contribution in [0.2, 0.25) is 0 Å². The van der Waals surface area contributed by atoms with Crippen LogP contribution in [0.25, 0.3) is 0 Å². The first-order valence-corrected chi connectivity index (χ1v) is 23.4. The van der Waals surface area contributed by atoms with Crippen LogP contribution in [0.4, 0.5) is 0 Å². The molecule has 10 atom stereocenters. The molecule has 0 aromatic heterocycles. The Kier molecular flexibility index (Phi) is 19.5.